The van der Waals surface area contributed by atoms with E-state index < -0.39 is 0 Å². The topological polar surface area (TPSA) is 61.7 Å². The SMILES string of the molecule is COc1cc(C)cc(C2NCCc3cc(O)c(O)cc32)c1. The summed E-state index contributed by atoms with van der Waals surface area (Å²) in [4.78, 5) is 0. The van der Waals surface area contributed by atoms with Gasteiger partial charge in [0.25, 0.3) is 0 Å². The normalized spacial score (nSPS) is 17.3. The number of phenols is 2. The molecule has 110 valence electrons. The number of fused-ring (bicyclic) bond motifs is 1. The third-order valence-corrected chi connectivity index (χ3v) is 3.93. The summed E-state index contributed by atoms with van der Waals surface area (Å²) in [5.74, 6) is 0.681. The second kappa shape index (κ2) is 5.30. The zero-order chi connectivity index (χ0) is 15.0. The standard InChI is InChI=1S/C17H19NO3/c1-10-5-12(7-13(6-10)21-2)17-14-9-16(20)15(19)8-11(14)3-4-18-17/h5-9,17-20H,3-4H2,1-2H3. The molecule has 4 nitrogen and oxygen atoms in total. The van der Waals surface area contributed by atoms with Gasteiger partial charge in [-0.15, -0.1) is 0 Å². The molecule has 1 unspecified atom stereocenters. The largest absolute Gasteiger partial charge is 0.504 e. The summed E-state index contributed by atoms with van der Waals surface area (Å²) in [6.45, 7) is 2.86. The maximum absolute atomic E-state index is 9.79. The van der Waals surface area contributed by atoms with E-state index in [1.807, 2.05) is 19.1 Å². The van der Waals surface area contributed by atoms with E-state index >= 15 is 0 Å². The van der Waals surface area contributed by atoms with Gasteiger partial charge in [-0.2, -0.15) is 0 Å². The number of hydrogen-bond acceptors (Lipinski definition) is 4. The first kappa shape index (κ1) is 13.8. The van der Waals surface area contributed by atoms with E-state index in [1.165, 1.54) is 0 Å². The summed E-state index contributed by atoms with van der Waals surface area (Å²) < 4.78 is 5.34. The van der Waals surface area contributed by atoms with Crippen LogP contribution in [0.1, 0.15) is 28.3 Å². The second-order valence-corrected chi connectivity index (χ2v) is 5.46. The highest BCUT2D eigenvalue weighted by Gasteiger charge is 2.23. The van der Waals surface area contributed by atoms with Crippen molar-refractivity contribution in [1.82, 2.24) is 5.32 Å². The van der Waals surface area contributed by atoms with Crippen molar-refractivity contribution in [3.8, 4) is 17.2 Å². The number of hydrogen-bond donors (Lipinski definition) is 3. The Kier molecular flexibility index (Phi) is 3.47. The molecule has 0 aromatic heterocycles. The number of aryl methyl sites for hydroxylation is 1. The van der Waals surface area contributed by atoms with Crippen molar-refractivity contribution < 1.29 is 14.9 Å². The molecule has 0 fully saturated rings. The van der Waals surface area contributed by atoms with Crippen molar-refractivity contribution in [2.75, 3.05) is 13.7 Å². The van der Waals surface area contributed by atoms with Gasteiger partial charge in [-0.3, -0.25) is 0 Å². The van der Waals surface area contributed by atoms with Gasteiger partial charge in [-0.05, 0) is 59.9 Å². The Labute approximate surface area is 124 Å². The average molecular weight is 285 g/mol. The Morgan fingerprint density at radius 3 is 2.62 bits per heavy atom. The highest BCUT2D eigenvalue weighted by atomic mass is 16.5. The molecule has 3 rings (SSSR count). The van der Waals surface area contributed by atoms with Crippen LogP contribution in [0.25, 0.3) is 0 Å². The molecule has 21 heavy (non-hydrogen) atoms. The predicted molar refractivity (Wildman–Crippen MR) is 81.1 cm³/mol. The van der Waals surface area contributed by atoms with Crippen molar-refractivity contribution in [2.45, 2.75) is 19.4 Å². The Hall–Kier alpha value is -2.20. The molecule has 0 bridgehead atoms. The zero-order valence-electron chi connectivity index (χ0n) is 12.2. The van der Waals surface area contributed by atoms with Gasteiger partial charge in [0, 0.05) is 6.54 Å². The fourth-order valence-electron chi connectivity index (χ4n) is 2.94. The summed E-state index contributed by atoms with van der Waals surface area (Å²) in [6.07, 6.45) is 0.836. The van der Waals surface area contributed by atoms with Gasteiger partial charge in [0.15, 0.2) is 11.5 Å². The van der Waals surface area contributed by atoms with Crippen LogP contribution < -0.4 is 10.1 Å². The monoisotopic (exact) mass is 285 g/mol. The number of benzene rings is 2. The van der Waals surface area contributed by atoms with Crippen LogP contribution in [0.2, 0.25) is 0 Å². The van der Waals surface area contributed by atoms with Gasteiger partial charge in [0.05, 0.1) is 13.2 Å². The van der Waals surface area contributed by atoms with E-state index in [0.29, 0.717) is 0 Å². The van der Waals surface area contributed by atoms with Crippen LogP contribution in [0.5, 0.6) is 17.2 Å². The second-order valence-electron chi connectivity index (χ2n) is 5.46. The molecular formula is C17H19NO3. The zero-order valence-corrected chi connectivity index (χ0v) is 12.2. The third-order valence-electron chi connectivity index (χ3n) is 3.93. The number of phenolic OH excluding ortho intramolecular Hbond substituents is 2. The highest BCUT2D eigenvalue weighted by Crippen LogP contribution is 2.37. The maximum atomic E-state index is 9.79. The van der Waals surface area contributed by atoms with Crippen molar-refractivity contribution in [3.63, 3.8) is 0 Å². The smallest absolute Gasteiger partial charge is 0.157 e. The van der Waals surface area contributed by atoms with E-state index in [4.69, 9.17) is 4.74 Å². The molecule has 0 aliphatic carbocycles. The quantitative estimate of drug-likeness (QED) is 0.742. The van der Waals surface area contributed by atoms with Crippen molar-refractivity contribution in [1.29, 1.82) is 0 Å². The van der Waals surface area contributed by atoms with Crippen LogP contribution in [-0.2, 0) is 6.42 Å². The fourth-order valence-corrected chi connectivity index (χ4v) is 2.94. The Morgan fingerprint density at radius 2 is 1.86 bits per heavy atom. The predicted octanol–water partition coefficient (Wildman–Crippen LogP) is 2.65. The van der Waals surface area contributed by atoms with Gasteiger partial charge < -0.3 is 20.3 Å². The van der Waals surface area contributed by atoms with Gasteiger partial charge in [-0.1, -0.05) is 6.07 Å². The van der Waals surface area contributed by atoms with Crippen LogP contribution in [0.4, 0.5) is 0 Å². The molecule has 1 aliphatic rings. The lowest BCUT2D eigenvalue weighted by molar-refractivity contribution is 0.400. The summed E-state index contributed by atoms with van der Waals surface area (Å²) in [7, 11) is 1.66. The lowest BCUT2D eigenvalue weighted by atomic mass is 9.89. The van der Waals surface area contributed by atoms with Gasteiger partial charge in [-0.25, -0.2) is 0 Å². The number of rotatable bonds is 2. The molecule has 3 N–H and O–H groups in total. The van der Waals surface area contributed by atoms with Crippen molar-refractivity contribution >= 4 is 0 Å². The molecule has 1 aliphatic heterocycles. The number of nitrogens with one attached hydrogen (secondary N) is 1. The van der Waals surface area contributed by atoms with Gasteiger partial charge in [0.2, 0.25) is 0 Å². The first-order chi connectivity index (χ1) is 10.1. The lowest BCUT2D eigenvalue weighted by Crippen LogP contribution is -2.30. The van der Waals surface area contributed by atoms with Gasteiger partial charge in [0.1, 0.15) is 5.75 Å². The molecule has 0 amide bonds. The minimum absolute atomic E-state index is 0.00551. The highest BCUT2D eigenvalue weighted by molar-refractivity contribution is 5.51. The molecule has 4 heteroatoms. The van der Waals surface area contributed by atoms with E-state index in [0.717, 1.165) is 41.0 Å². The number of ether oxygens (including phenoxy) is 1. The first-order valence-electron chi connectivity index (χ1n) is 7.02. The summed E-state index contributed by atoms with van der Waals surface area (Å²) in [6, 6.07) is 9.40. The molecule has 0 saturated carbocycles. The minimum Gasteiger partial charge on any atom is -0.504 e. The molecular weight excluding hydrogens is 266 g/mol. The average Bonchev–Trinajstić information content (AvgIpc) is 2.47. The summed E-state index contributed by atoms with van der Waals surface area (Å²) >= 11 is 0. The molecule has 1 atom stereocenters. The molecule has 0 radical (unpaired) electrons. The molecule has 1 heterocycles. The first-order valence-corrected chi connectivity index (χ1v) is 7.02. The Balaban J connectivity index is 2.10. The lowest BCUT2D eigenvalue weighted by Gasteiger charge is -2.28. The maximum Gasteiger partial charge on any atom is 0.157 e. The minimum atomic E-state index is -0.0814. The molecule has 2 aromatic carbocycles. The van der Waals surface area contributed by atoms with E-state index in [2.05, 4.69) is 11.4 Å². The van der Waals surface area contributed by atoms with E-state index in [1.54, 1.807) is 19.2 Å². The molecule has 2 aromatic rings. The van der Waals surface area contributed by atoms with Crippen LogP contribution in [0.15, 0.2) is 30.3 Å². The van der Waals surface area contributed by atoms with E-state index in [-0.39, 0.29) is 17.5 Å². The van der Waals surface area contributed by atoms with Crippen molar-refractivity contribution in [2.24, 2.45) is 0 Å². The Bertz CT molecular complexity index is 682. The summed E-state index contributed by atoms with van der Waals surface area (Å²) in [5.41, 5.74) is 4.29. The third kappa shape index (κ3) is 2.54. The number of methoxy groups -OCH3 is 1. The van der Waals surface area contributed by atoms with Crippen LogP contribution in [-0.4, -0.2) is 23.9 Å². The number of aromatic hydroxyl groups is 2. The fraction of sp³-hybridized carbons (Fsp3) is 0.294. The van der Waals surface area contributed by atoms with Crippen LogP contribution >= 0.6 is 0 Å². The molecule has 0 saturated heterocycles. The van der Waals surface area contributed by atoms with Crippen LogP contribution in [0, 0.1) is 6.92 Å². The summed E-state index contributed by atoms with van der Waals surface area (Å²) in [5, 5.41) is 22.9. The van der Waals surface area contributed by atoms with E-state index in [9.17, 15) is 10.2 Å². The van der Waals surface area contributed by atoms with Crippen molar-refractivity contribution in [3.05, 3.63) is 52.6 Å². The molecule has 0 spiro atoms. The Morgan fingerprint density at radius 1 is 1.10 bits per heavy atom. The van der Waals surface area contributed by atoms with Gasteiger partial charge >= 0.3 is 0 Å². The van der Waals surface area contributed by atoms with Crippen LogP contribution in [0.3, 0.4) is 0 Å².